The minimum absolute atomic E-state index is 0.00207. The normalized spacial score (nSPS) is 26.9. The van der Waals surface area contributed by atoms with E-state index in [0.717, 1.165) is 42.6 Å². The van der Waals surface area contributed by atoms with Crippen LogP contribution in [-0.2, 0) is 0 Å². The first-order valence-corrected chi connectivity index (χ1v) is 11.0. The third-order valence-corrected chi connectivity index (χ3v) is 5.99. The molecule has 0 spiro atoms. The van der Waals surface area contributed by atoms with Crippen molar-refractivity contribution in [2.24, 2.45) is 5.92 Å². The summed E-state index contributed by atoms with van der Waals surface area (Å²) < 4.78 is 0. The average molecular weight is 374 g/mol. The number of aliphatic hydroxyl groups is 2. The average Bonchev–Trinajstić information content (AvgIpc) is 2.98. The Kier molecular flexibility index (Phi) is 8.71. The van der Waals surface area contributed by atoms with Crippen molar-refractivity contribution in [3.63, 3.8) is 0 Å². The molecule has 0 aromatic heterocycles. The van der Waals surface area contributed by atoms with Gasteiger partial charge in [-0.25, -0.2) is 6.57 Å². The molecule has 0 bridgehead atoms. The number of aliphatic hydroxyl groups excluding tert-OH is 2. The second-order valence-electron chi connectivity index (χ2n) is 7.15. The molecule has 0 aliphatic heterocycles. The van der Waals surface area contributed by atoms with E-state index in [4.69, 9.17) is 6.57 Å². The summed E-state index contributed by atoms with van der Waals surface area (Å²) >= 11 is 1.73. The van der Waals surface area contributed by atoms with E-state index in [2.05, 4.69) is 23.9 Å². The van der Waals surface area contributed by atoms with Crippen molar-refractivity contribution in [1.29, 1.82) is 0 Å². The third-order valence-electron chi connectivity index (χ3n) is 5.35. The summed E-state index contributed by atoms with van der Waals surface area (Å²) in [7, 11) is 0. The SMILES string of the molecule is [C-]#[N+][C@@H]1C[C@@H](O)C(c2ccc(C(O)CCSC)cc2)C1C/C=C\CCC. The predicted molar refractivity (Wildman–Crippen MR) is 110 cm³/mol. The Bertz CT molecular complexity index is 608. The summed E-state index contributed by atoms with van der Waals surface area (Å²) in [6.45, 7) is 9.66. The fraction of sp³-hybridized carbons (Fsp3) is 0.591. The van der Waals surface area contributed by atoms with Crippen LogP contribution in [0.5, 0.6) is 0 Å². The van der Waals surface area contributed by atoms with E-state index < -0.39 is 12.2 Å². The van der Waals surface area contributed by atoms with Gasteiger partial charge in [0.15, 0.2) is 0 Å². The van der Waals surface area contributed by atoms with E-state index in [1.807, 2.05) is 30.5 Å². The van der Waals surface area contributed by atoms with Crippen molar-refractivity contribution in [2.75, 3.05) is 12.0 Å². The highest BCUT2D eigenvalue weighted by molar-refractivity contribution is 7.98. The van der Waals surface area contributed by atoms with Gasteiger partial charge in [0.2, 0.25) is 6.04 Å². The molecule has 3 nitrogen and oxygen atoms in total. The Morgan fingerprint density at radius 3 is 2.65 bits per heavy atom. The van der Waals surface area contributed by atoms with Gasteiger partial charge in [0, 0.05) is 18.3 Å². The Balaban J connectivity index is 2.14. The quantitative estimate of drug-likeness (QED) is 0.474. The van der Waals surface area contributed by atoms with Gasteiger partial charge in [-0.2, -0.15) is 11.8 Å². The van der Waals surface area contributed by atoms with Crippen LogP contribution < -0.4 is 0 Å². The molecular weight excluding hydrogens is 342 g/mol. The van der Waals surface area contributed by atoms with Crippen LogP contribution in [0, 0.1) is 12.5 Å². The molecule has 3 unspecified atom stereocenters. The summed E-state index contributed by atoms with van der Waals surface area (Å²) in [4.78, 5) is 3.79. The maximum absolute atomic E-state index is 10.6. The molecular formula is C22H31NO2S. The largest absolute Gasteiger partial charge is 0.392 e. The summed E-state index contributed by atoms with van der Waals surface area (Å²) in [6, 6.07) is 7.89. The van der Waals surface area contributed by atoms with E-state index in [-0.39, 0.29) is 17.9 Å². The minimum atomic E-state index is -0.467. The highest BCUT2D eigenvalue weighted by Crippen LogP contribution is 2.44. The number of benzene rings is 1. The van der Waals surface area contributed by atoms with Gasteiger partial charge in [0.1, 0.15) is 0 Å². The Hall–Kier alpha value is -1.28. The Labute approximate surface area is 162 Å². The van der Waals surface area contributed by atoms with Gasteiger partial charge >= 0.3 is 0 Å². The third kappa shape index (κ3) is 5.36. The number of nitrogens with zero attached hydrogens (tertiary/aromatic N) is 1. The van der Waals surface area contributed by atoms with Gasteiger partial charge in [-0.15, -0.1) is 0 Å². The number of thioether (sulfide) groups is 1. The molecule has 0 heterocycles. The highest BCUT2D eigenvalue weighted by atomic mass is 32.2. The minimum Gasteiger partial charge on any atom is -0.392 e. The fourth-order valence-corrected chi connectivity index (χ4v) is 4.35. The second-order valence-corrected chi connectivity index (χ2v) is 8.13. The molecule has 1 aliphatic carbocycles. The number of rotatable bonds is 9. The van der Waals surface area contributed by atoms with Gasteiger partial charge in [-0.1, -0.05) is 49.8 Å². The first-order chi connectivity index (χ1) is 12.6. The lowest BCUT2D eigenvalue weighted by Gasteiger charge is -2.21. The van der Waals surface area contributed by atoms with Crippen LogP contribution in [0.25, 0.3) is 4.85 Å². The van der Waals surface area contributed by atoms with E-state index in [1.165, 1.54) is 0 Å². The molecule has 2 N–H and O–H groups in total. The first kappa shape index (κ1) is 21.0. The maximum Gasteiger partial charge on any atom is 0.230 e. The molecule has 5 atom stereocenters. The molecule has 1 fully saturated rings. The Morgan fingerprint density at radius 2 is 2.04 bits per heavy atom. The fourth-order valence-electron chi connectivity index (χ4n) is 3.89. The molecule has 1 aromatic rings. The molecule has 1 saturated carbocycles. The van der Waals surface area contributed by atoms with Crippen LogP contribution in [0.3, 0.4) is 0 Å². The molecule has 4 heteroatoms. The number of hydrogen-bond acceptors (Lipinski definition) is 3. The van der Waals surface area contributed by atoms with Crippen LogP contribution in [0.1, 0.15) is 62.2 Å². The van der Waals surface area contributed by atoms with E-state index in [9.17, 15) is 10.2 Å². The van der Waals surface area contributed by atoms with Crippen molar-refractivity contribution in [1.82, 2.24) is 0 Å². The van der Waals surface area contributed by atoms with Gasteiger partial charge in [0.25, 0.3) is 0 Å². The van der Waals surface area contributed by atoms with Crippen molar-refractivity contribution in [3.05, 3.63) is 59.0 Å². The zero-order valence-electron chi connectivity index (χ0n) is 15.8. The van der Waals surface area contributed by atoms with E-state index >= 15 is 0 Å². The molecule has 2 rings (SSSR count). The molecule has 26 heavy (non-hydrogen) atoms. The molecule has 0 amide bonds. The Morgan fingerprint density at radius 1 is 1.31 bits per heavy atom. The summed E-state index contributed by atoms with van der Waals surface area (Å²) in [5.74, 6) is 1.09. The number of hydrogen-bond donors (Lipinski definition) is 2. The first-order valence-electron chi connectivity index (χ1n) is 9.58. The zero-order chi connectivity index (χ0) is 18.9. The highest BCUT2D eigenvalue weighted by Gasteiger charge is 2.46. The molecule has 0 radical (unpaired) electrons. The number of allylic oxidation sites excluding steroid dienone is 2. The van der Waals surface area contributed by atoms with Crippen molar-refractivity contribution in [3.8, 4) is 0 Å². The zero-order valence-corrected chi connectivity index (χ0v) is 16.7. The lowest BCUT2D eigenvalue weighted by molar-refractivity contribution is 0.154. The lowest BCUT2D eigenvalue weighted by Crippen LogP contribution is -2.19. The monoisotopic (exact) mass is 373 g/mol. The van der Waals surface area contributed by atoms with E-state index in [1.54, 1.807) is 11.8 Å². The van der Waals surface area contributed by atoms with Gasteiger partial charge in [0.05, 0.1) is 12.2 Å². The predicted octanol–water partition coefficient (Wildman–Crippen LogP) is 4.97. The smallest absolute Gasteiger partial charge is 0.230 e. The lowest BCUT2D eigenvalue weighted by atomic mass is 9.83. The van der Waals surface area contributed by atoms with Crippen LogP contribution in [0.15, 0.2) is 36.4 Å². The van der Waals surface area contributed by atoms with Crippen LogP contribution in [0.2, 0.25) is 0 Å². The van der Waals surface area contributed by atoms with Crippen LogP contribution in [-0.4, -0.2) is 34.4 Å². The van der Waals surface area contributed by atoms with Crippen molar-refractivity contribution in [2.45, 2.75) is 63.2 Å². The second kappa shape index (κ2) is 10.8. The van der Waals surface area contributed by atoms with Gasteiger partial charge in [-0.05, 0) is 42.4 Å². The molecule has 1 aromatic carbocycles. The van der Waals surface area contributed by atoms with Crippen LogP contribution >= 0.6 is 11.8 Å². The van der Waals surface area contributed by atoms with Crippen molar-refractivity contribution >= 4 is 11.8 Å². The van der Waals surface area contributed by atoms with Crippen molar-refractivity contribution < 1.29 is 10.2 Å². The maximum atomic E-state index is 10.6. The summed E-state index contributed by atoms with van der Waals surface area (Å²) in [5.41, 5.74) is 2.01. The molecule has 142 valence electrons. The van der Waals surface area contributed by atoms with E-state index in [0.29, 0.717) is 6.42 Å². The standard InChI is InChI=1S/C22H31NO2S/c1-4-5-6-7-8-18-19(23-2)15-21(25)22(18)17-11-9-16(10-12-17)20(24)13-14-26-3/h6-7,9-12,18-22,24-25H,4-5,8,13-15H2,1,3H3/b7-6-/t18?,19-,20?,21-,22?/m1/s1. The summed E-state index contributed by atoms with van der Waals surface area (Å²) in [5, 5.41) is 20.8. The summed E-state index contributed by atoms with van der Waals surface area (Å²) in [6.07, 6.45) is 9.83. The van der Waals surface area contributed by atoms with Gasteiger partial charge in [-0.3, -0.25) is 0 Å². The van der Waals surface area contributed by atoms with Crippen LogP contribution in [0.4, 0.5) is 0 Å². The molecule has 1 aliphatic rings. The number of unbranched alkanes of at least 4 members (excludes halogenated alkanes) is 1. The van der Waals surface area contributed by atoms with Gasteiger partial charge < -0.3 is 15.1 Å². The topological polar surface area (TPSA) is 44.8 Å². The molecule has 0 saturated heterocycles.